The van der Waals surface area contributed by atoms with Crippen LogP contribution in [0, 0.1) is 0 Å². The Labute approximate surface area is 119 Å². The number of hydrogen-bond acceptors (Lipinski definition) is 3. The molecule has 1 aromatic carbocycles. The Morgan fingerprint density at radius 2 is 1.85 bits per heavy atom. The van der Waals surface area contributed by atoms with Gasteiger partial charge in [0.25, 0.3) is 0 Å². The first-order valence-electron chi connectivity index (χ1n) is 6.81. The number of carbonyl (C=O) groups excluding carboxylic acids is 1. The number of unbranched alkanes of at least 4 members (excludes halogenated alkanes) is 1. The van der Waals surface area contributed by atoms with Gasteiger partial charge in [0.2, 0.25) is 0 Å². The van der Waals surface area contributed by atoms with Gasteiger partial charge in [0, 0.05) is 0 Å². The second-order valence-corrected chi connectivity index (χ2v) is 4.49. The fourth-order valence-electron chi connectivity index (χ4n) is 1.77. The fourth-order valence-corrected chi connectivity index (χ4v) is 1.77. The van der Waals surface area contributed by atoms with Crippen LogP contribution >= 0.6 is 0 Å². The van der Waals surface area contributed by atoms with Gasteiger partial charge in [0.1, 0.15) is 0 Å². The Kier molecular flexibility index (Phi) is 6.50. The van der Waals surface area contributed by atoms with Gasteiger partial charge in [-0.2, -0.15) is 0 Å². The highest BCUT2D eigenvalue weighted by Gasteiger charge is 2.16. The number of ether oxygens (including phenoxy) is 1. The van der Waals surface area contributed by atoms with Crippen molar-refractivity contribution in [3.05, 3.63) is 47.2 Å². The number of rotatable bonds is 7. The molecule has 0 heterocycles. The van der Waals surface area contributed by atoms with E-state index in [2.05, 4.69) is 6.92 Å². The third-order valence-corrected chi connectivity index (χ3v) is 3.02. The van der Waals surface area contributed by atoms with Crippen molar-refractivity contribution < 1.29 is 19.4 Å². The summed E-state index contributed by atoms with van der Waals surface area (Å²) in [4.78, 5) is 23.0. The van der Waals surface area contributed by atoms with Gasteiger partial charge in [0.05, 0.1) is 17.4 Å². The molecule has 0 saturated carbocycles. The highest BCUT2D eigenvalue weighted by molar-refractivity contribution is 6.02. The van der Waals surface area contributed by atoms with Gasteiger partial charge < -0.3 is 9.84 Å². The van der Waals surface area contributed by atoms with Crippen LogP contribution in [-0.4, -0.2) is 17.0 Å². The van der Waals surface area contributed by atoms with Crippen molar-refractivity contribution in [3.8, 4) is 0 Å². The SMILES string of the molecule is CCCCC(=COC(=O)c1ccccc1C(=O)O)CC. The Morgan fingerprint density at radius 1 is 1.20 bits per heavy atom. The summed E-state index contributed by atoms with van der Waals surface area (Å²) in [5, 5.41) is 9.03. The van der Waals surface area contributed by atoms with Crippen LogP contribution in [0.2, 0.25) is 0 Å². The van der Waals surface area contributed by atoms with E-state index in [1.165, 1.54) is 18.4 Å². The van der Waals surface area contributed by atoms with Gasteiger partial charge in [-0.1, -0.05) is 32.4 Å². The van der Waals surface area contributed by atoms with Crippen molar-refractivity contribution in [2.75, 3.05) is 0 Å². The van der Waals surface area contributed by atoms with E-state index < -0.39 is 11.9 Å². The number of carbonyl (C=O) groups is 2. The molecule has 20 heavy (non-hydrogen) atoms. The van der Waals surface area contributed by atoms with Crippen molar-refractivity contribution in [2.45, 2.75) is 39.5 Å². The average Bonchev–Trinajstić information content (AvgIpc) is 2.47. The number of hydrogen-bond donors (Lipinski definition) is 1. The van der Waals surface area contributed by atoms with Crippen molar-refractivity contribution in [1.82, 2.24) is 0 Å². The van der Waals surface area contributed by atoms with Gasteiger partial charge in [-0.25, -0.2) is 9.59 Å². The van der Waals surface area contributed by atoms with Gasteiger partial charge in [0.15, 0.2) is 0 Å². The minimum Gasteiger partial charge on any atom is -0.478 e. The van der Waals surface area contributed by atoms with E-state index in [9.17, 15) is 9.59 Å². The smallest absolute Gasteiger partial charge is 0.343 e. The molecule has 0 bridgehead atoms. The molecule has 108 valence electrons. The van der Waals surface area contributed by atoms with Crippen LogP contribution in [0.3, 0.4) is 0 Å². The highest BCUT2D eigenvalue weighted by Crippen LogP contribution is 2.14. The van der Waals surface area contributed by atoms with E-state index in [1.54, 1.807) is 12.1 Å². The summed E-state index contributed by atoms with van der Waals surface area (Å²) < 4.78 is 5.10. The van der Waals surface area contributed by atoms with E-state index in [4.69, 9.17) is 9.84 Å². The second kappa shape index (κ2) is 8.15. The number of allylic oxidation sites excluding steroid dienone is 1. The molecule has 0 aromatic heterocycles. The topological polar surface area (TPSA) is 63.6 Å². The highest BCUT2D eigenvalue weighted by atomic mass is 16.5. The van der Waals surface area contributed by atoms with Crippen molar-refractivity contribution in [1.29, 1.82) is 0 Å². The van der Waals surface area contributed by atoms with Crippen LogP contribution in [0.5, 0.6) is 0 Å². The summed E-state index contributed by atoms with van der Waals surface area (Å²) in [6.45, 7) is 4.10. The molecule has 1 N–H and O–H groups in total. The summed E-state index contributed by atoms with van der Waals surface area (Å²) in [6, 6.07) is 6.04. The van der Waals surface area contributed by atoms with E-state index >= 15 is 0 Å². The molecule has 4 nitrogen and oxygen atoms in total. The average molecular weight is 276 g/mol. The maximum Gasteiger partial charge on any atom is 0.343 e. The molecule has 1 aromatic rings. The van der Waals surface area contributed by atoms with E-state index in [1.807, 2.05) is 6.92 Å². The lowest BCUT2D eigenvalue weighted by atomic mass is 10.1. The first-order chi connectivity index (χ1) is 9.60. The maximum atomic E-state index is 11.9. The molecular weight excluding hydrogens is 256 g/mol. The van der Waals surface area contributed by atoms with Gasteiger partial charge in [-0.3, -0.25) is 0 Å². The number of benzene rings is 1. The summed E-state index contributed by atoms with van der Waals surface area (Å²) in [6.07, 6.45) is 5.28. The van der Waals surface area contributed by atoms with Crippen molar-refractivity contribution in [3.63, 3.8) is 0 Å². The number of carboxylic acid groups (broad SMARTS) is 1. The zero-order chi connectivity index (χ0) is 15.0. The molecular formula is C16H20O4. The number of esters is 1. The molecule has 0 fully saturated rings. The zero-order valence-corrected chi connectivity index (χ0v) is 11.9. The lowest BCUT2D eigenvalue weighted by molar-refractivity contribution is 0.0629. The normalized spacial score (nSPS) is 11.2. The van der Waals surface area contributed by atoms with Crippen molar-refractivity contribution in [2.24, 2.45) is 0 Å². The van der Waals surface area contributed by atoms with Crippen LogP contribution in [0.1, 0.15) is 60.2 Å². The number of aromatic carboxylic acids is 1. The van der Waals surface area contributed by atoms with E-state index in [0.717, 1.165) is 31.3 Å². The number of carboxylic acids is 1. The molecule has 0 unspecified atom stereocenters. The van der Waals surface area contributed by atoms with Crippen LogP contribution in [0.4, 0.5) is 0 Å². The Hall–Kier alpha value is -2.10. The first kappa shape index (κ1) is 16.0. The molecule has 0 aliphatic carbocycles. The summed E-state index contributed by atoms with van der Waals surface area (Å²) in [5.74, 6) is -1.77. The molecule has 0 aliphatic heterocycles. The standard InChI is InChI=1S/C16H20O4/c1-3-5-8-12(4-2)11-20-16(19)14-10-7-6-9-13(14)15(17)18/h6-7,9-11H,3-5,8H2,1-2H3,(H,17,18). The van der Waals surface area contributed by atoms with Crippen LogP contribution in [0.25, 0.3) is 0 Å². The Balaban J connectivity index is 2.81. The third kappa shape index (κ3) is 4.53. The second-order valence-electron chi connectivity index (χ2n) is 4.49. The molecule has 0 aliphatic rings. The monoisotopic (exact) mass is 276 g/mol. The largest absolute Gasteiger partial charge is 0.478 e. The molecule has 0 radical (unpaired) electrons. The lowest BCUT2D eigenvalue weighted by Crippen LogP contribution is -2.09. The predicted molar refractivity (Wildman–Crippen MR) is 76.7 cm³/mol. The Morgan fingerprint density at radius 3 is 2.40 bits per heavy atom. The molecule has 1 rings (SSSR count). The Bertz CT molecular complexity index is 503. The van der Waals surface area contributed by atoms with Gasteiger partial charge in [-0.15, -0.1) is 0 Å². The quantitative estimate of drug-likeness (QED) is 0.603. The molecule has 4 heteroatoms. The molecule has 0 spiro atoms. The minimum absolute atomic E-state index is 0.0440. The molecule has 0 atom stereocenters. The maximum absolute atomic E-state index is 11.9. The third-order valence-electron chi connectivity index (χ3n) is 3.02. The summed E-state index contributed by atoms with van der Waals surface area (Å²) >= 11 is 0. The minimum atomic E-state index is -1.14. The van der Waals surface area contributed by atoms with Crippen LogP contribution in [0.15, 0.2) is 36.1 Å². The summed E-state index contributed by atoms with van der Waals surface area (Å²) in [5.41, 5.74) is 1.08. The van der Waals surface area contributed by atoms with Crippen LogP contribution in [-0.2, 0) is 4.74 Å². The van der Waals surface area contributed by atoms with E-state index in [-0.39, 0.29) is 11.1 Å². The zero-order valence-electron chi connectivity index (χ0n) is 11.9. The van der Waals surface area contributed by atoms with Crippen molar-refractivity contribution >= 4 is 11.9 Å². The van der Waals surface area contributed by atoms with Crippen LogP contribution < -0.4 is 0 Å². The summed E-state index contributed by atoms with van der Waals surface area (Å²) in [7, 11) is 0. The predicted octanol–water partition coefficient (Wildman–Crippen LogP) is 4.03. The lowest BCUT2D eigenvalue weighted by Gasteiger charge is -2.06. The molecule has 0 amide bonds. The van der Waals surface area contributed by atoms with Gasteiger partial charge >= 0.3 is 11.9 Å². The first-order valence-corrected chi connectivity index (χ1v) is 6.81. The van der Waals surface area contributed by atoms with Gasteiger partial charge in [-0.05, 0) is 37.0 Å². The van der Waals surface area contributed by atoms with E-state index in [0.29, 0.717) is 0 Å². The fraction of sp³-hybridized carbons (Fsp3) is 0.375. The molecule has 0 saturated heterocycles.